The van der Waals surface area contributed by atoms with Crippen LogP contribution in [0.25, 0.3) is 5.69 Å². The summed E-state index contributed by atoms with van der Waals surface area (Å²) in [5, 5.41) is 5.16. The van der Waals surface area contributed by atoms with Gasteiger partial charge in [-0.2, -0.15) is 0 Å². The van der Waals surface area contributed by atoms with E-state index in [9.17, 15) is 9.59 Å². The Morgan fingerprint density at radius 3 is 2.70 bits per heavy atom. The van der Waals surface area contributed by atoms with E-state index >= 15 is 0 Å². The minimum atomic E-state index is -0.469. The number of carbonyl (C=O) groups is 2. The fourth-order valence-corrected chi connectivity index (χ4v) is 3.85. The highest BCUT2D eigenvalue weighted by atomic mass is 32.2. The Morgan fingerprint density at radius 2 is 2.00 bits per heavy atom. The zero-order valence-corrected chi connectivity index (χ0v) is 16.3. The first-order valence-electron chi connectivity index (χ1n) is 7.88. The lowest BCUT2D eigenvalue weighted by atomic mass is 10.3. The monoisotopic (exact) mass is 403 g/mol. The third-order valence-corrected chi connectivity index (χ3v) is 5.46. The standard InChI is InChI=1S/C18H17N3O4S2/c1-24-13-5-3-12(4-6-13)21-9-8-19-18(21)27-11-15(22)20-14-7-10-26-16(14)17(23)25-2/h3-10H,11H2,1-2H3,(H,20,22). The lowest BCUT2D eigenvalue weighted by Crippen LogP contribution is -2.16. The van der Waals surface area contributed by atoms with Crippen LogP contribution in [0.1, 0.15) is 9.67 Å². The summed E-state index contributed by atoms with van der Waals surface area (Å²) in [7, 11) is 2.92. The molecule has 1 amide bonds. The first kappa shape index (κ1) is 19.0. The van der Waals surface area contributed by atoms with E-state index in [2.05, 4.69) is 10.3 Å². The maximum Gasteiger partial charge on any atom is 0.350 e. The van der Waals surface area contributed by atoms with Gasteiger partial charge in [0.2, 0.25) is 5.91 Å². The predicted molar refractivity (Wildman–Crippen MR) is 105 cm³/mol. The molecule has 1 aromatic carbocycles. The van der Waals surface area contributed by atoms with Gasteiger partial charge in [-0.05, 0) is 35.7 Å². The van der Waals surface area contributed by atoms with E-state index < -0.39 is 5.97 Å². The molecule has 0 radical (unpaired) electrons. The lowest BCUT2D eigenvalue weighted by molar-refractivity contribution is -0.113. The molecule has 0 atom stereocenters. The van der Waals surface area contributed by atoms with Crippen molar-refractivity contribution in [1.82, 2.24) is 9.55 Å². The van der Waals surface area contributed by atoms with Crippen molar-refractivity contribution >= 4 is 40.7 Å². The number of amides is 1. The fourth-order valence-electron chi connectivity index (χ4n) is 2.31. The van der Waals surface area contributed by atoms with Gasteiger partial charge in [-0.3, -0.25) is 9.36 Å². The summed E-state index contributed by atoms with van der Waals surface area (Å²) in [5.74, 6) is 0.226. The number of rotatable bonds is 7. The number of nitrogens with one attached hydrogen (secondary N) is 1. The summed E-state index contributed by atoms with van der Waals surface area (Å²) in [5.41, 5.74) is 1.37. The van der Waals surface area contributed by atoms with Crippen LogP contribution in [0.15, 0.2) is 53.3 Å². The van der Waals surface area contributed by atoms with Crippen LogP contribution in [0.4, 0.5) is 5.69 Å². The summed E-state index contributed by atoms with van der Waals surface area (Å²) < 4.78 is 11.8. The Kier molecular flexibility index (Phi) is 6.15. The number of aromatic nitrogens is 2. The van der Waals surface area contributed by atoms with Crippen LogP contribution in [-0.2, 0) is 9.53 Å². The molecule has 0 spiro atoms. The number of hydrogen-bond acceptors (Lipinski definition) is 7. The number of carbonyl (C=O) groups excluding carboxylic acids is 2. The van der Waals surface area contributed by atoms with E-state index in [1.807, 2.05) is 35.0 Å². The number of methoxy groups -OCH3 is 2. The molecule has 0 fully saturated rings. The van der Waals surface area contributed by atoms with Gasteiger partial charge < -0.3 is 14.8 Å². The van der Waals surface area contributed by atoms with E-state index in [0.717, 1.165) is 11.4 Å². The van der Waals surface area contributed by atoms with Crippen LogP contribution in [0, 0.1) is 0 Å². The minimum Gasteiger partial charge on any atom is -0.497 e. The van der Waals surface area contributed by atoms with Crippen molar-refractivity contribution in [2.75, 3.05) is 25.3 Å². The molecule has 0 aliphatic rings. The summed E-state index contributed by atoms with van der Waals surface area (Å²) in [6.07, 6.45) is 3.51. The number of ether oxygens (including phenoxy) is 2. The molecule has 3 rings (SSSR count). The molecular formula is C18H17N3O4S2. The van der Waals surface area contributed by atoms with Crippen LogP contribution in [0.3, 0.4) is 0 Å². The number of thioether (sulfide) groups is 1. The van der Waals surface area contributed by atoms with E-state index in [-0.39, 0.29) is 11.7 Å². The minimum absolute atomic E-state index is 0.156. The number of nitrogens with zero attached hydrogens (tertiary/aromatic N) is 2. The van der Waals surface area contributed by atoms with Gasteiger partial charge in [0.15, 0.2) is 5.16 Å². The fraction of sp³-hybridized carbons (Fsp3) is 0.167. The third kappa shape index (κ3) is 4.50. The van der Waals surface area contributed by atoms with E-state index in [1.165, 1.54) is 30.2 Å². The lowest BCUT2D eigenvalue weighted by Gasteiger charge is -2.09. The van der Waals surface area contributed by atoms with Crippen LogP contribution in [0.5, 0.6) is 5.75 Å². The molecule has 2 heterocycles. The zero-order chi connectivity index (χ0) is 19.2. The highest BCUT2D eigenvalue weighted by molar-refractivity contribution is 7.99. The topological polar surface area (TPSA) is 82.5 Å². The summed E-state index contributed by atoms with van der Waals surface area (Å²) in [6.45, 7) is 0. The molecule has 0 saturated carbocycles. The van der Waals surface area contributed by atoms with Gasteiger partial charge in [-0.1, -0.05) is 11.8 Å². The molecule has 0 saturated heterocycles. The maximum atomic E-state index is 12.3. The average molecular weight is 403 g/mol. The zero-order valence-electron chi connectivity index (χ0n) is 14.7. The van der Waals surface area contributed by atoms with Crippen molar-refractivity contribution < 1.29 is 19.1 Å². The molecule has 7 nitrogen and oxygen atoms in total. The molecule has 1 N–H and O–H groups in total. The Balaban J connectivity index is 1.64. The van der Waals surface area contributed by atoms with Crippen molar-refractivity contribution in [2.45, 2.75) is 5.16 Å². The third-order valence-electron chi connectivity index (χ3n) is 3.60. The van der Waals surface area contributed by atoms with E-state index in [0.29, 0.717) is 15.7 Å². The van der Waals surface area contributed by atoms with Crippen LogP contribution in [-0.4, -0.2) is 41.4 Å². The predicted octanol–water partition coefficient (Wildman–Crippen LogP) is 3.46. The maximum absolute atomic E-state index is 12.3. The molecule has 0 aliphatic carbocycles. The van der Waals surface area contributed by atoms with Crippen LogP contribution in [0.2, 0.25) is 0 Å². The van der Waals surface area contributed by atoms with E-state index in [4.69, 9.17) is 9.47 Å². The van der Waals surface area contributed by atoms with Crippen molar-refractivity contribution in [1.29, 1.82) is 0 Å². The molecule has 27 heavy (non-hydrogen) atoms. The quantitative estimate of drug-likeness (QED) is 0.481. The van der Waals surface area contributed by atoms with Gasteiger partial charge in [-0.15, -0.1) is 11.3 Å². The van der Waals surface area contributed by atoms with Crippen molar-refractivity contribution in [3.8, 4) is 11.4 Å². The molecule has 0 aliphatic heterocycles. The molecule has 3 aromatic rings. The number of benzene rings is 1. The first-order chi connectivity index (χ1) is 13.1. The first-order valence-corrected chi connectivity index (χ1v) is 9.75. The molecule has 2 aromatic heterocycles. The van der Waals surface area contributed by atoms with Gasteiger partial charge in [0, 0.05) is 18.1 Å². The molecular weight excluding hydrogens is 386 g/mol. The van der Waals surface area contributed by atoms with Gasteiger partial charge in [-0.25, -0.2) is 9.78 Å². The van der Waals surface area contributed by atoms with Crippen molar-refractivity contribution in [3.63, 3.8) is 0 Å². The second kappa shape index (κ2) is 8.74. The summed E-state index contributed by atoms with van der Waals surface area (Å²) in [6, 6.07) is 9.23. The molecule has 0 unspecified atom stereocenters. The van der Waals surface area contributed by atoms with Crippen molar-refractivity contribution in [3.05, 3.63) is 53.0 Å². The summed E-state index contributed by atoms with van der Waals surface area (Å²) >= 11 is 2.52. The molecule has 9 heteroatoms. The number of thiophene rings is 1. The molecule has 0 bridgehead atoms. The molecule has 140 valence electrons. The second-order valence-corrected chi connectivity index (χ2v) is 7.13. The Hall–Kier alpha value is -2.78. The van der Waals surface area contributed by atoms with E-state index in [1.54, 1.807) is 24.8 Å². The smallest absolute Gasteiger partial charge is 0.350 e. The Morgan fingerprint density at radius 1 is 1.22 bits per heavy atom. The van der Waals surface area contributed by atoms with Gasteiger partial charge in [0.05, 0.1) is 25.7 Å². The van der Waals surface area contributed by atoms with Crippen LogP contribution >= 0.6 is 23.1 Å². The SMILES string of the molecule is COC(=O)c1sccc1NC(=O)CSc1nccn1-c1ccc(OC)cc1. The largest absolute Gasteiger partial charge is 0.497 e. The van der Waals surface area contributed by atoms with Crippen LogP contribution < -0.4 is 10.1 Å². The summed E-state index contributed by atoms with van der Waals surface area (Å²) in [4.78, 5) is 28.6. The number of hydrogen-bond donors (Lipinski definition) is 1. The number of esters is 1. The highest BCUT2D eigenvalue weighted by Crippen LogP contribution is 2.25. The normalized spacial score (nSPS) is 10.4. The Labute approximate surface area is 164 Å². The Bertz CT molecular complexity index is 934. The number of imidazole rings is 1. The number of anilines is 1. The van der Waals surface area contributed by atoms with Crippen molar-refractivity contribution in [2.24, 2.45) is 0 Å². The highest BCUT2D eigenvalue weighted by Gasteiger charge is 2.16. The van der Waals surface area contributed by atoms with Gasteiger partial charge >= 0.3 is 5.97 Å². The van der Waals surface area contributed by atoms with Gasteiger partial charge in [0.25, 0.3) is 0 Å². The van der Waals surface area contributed by atoms with Gasteiger partial charge in [0.1, 0.15) is 10.6 Å². The second-order valence-electron chi connectivity index (χ2n) is 5.27. The average Bonchev–Trinajstić information content (AvgIpc) is 3.35.